The zero-order chi connectivity index (χ0) is 15.0. The minimum atomic E-state index is -0.466. The number of aryl methyl sites for hydroxylation is 2. The van der Waals surface area contributed by atoms with E-state index in [2.05, 4.69) is 10.4 Å². The Labute approximate surface area is 123 Å². The second-order valence-electron chi connectivity index (χ2n) is 5.41. The number of amides is 2. The monoisotopic (exact) mass is 298 g/mol. The molecule has 0 bridgehead atoms. The third kappa shape index (κ3) is 2.52. The molecule has 0 spiro atoms. The van der Waals surface area contributed by atoms with Crippen molar-refractivity contribution in [2.75, 3.05) is 6.54 Å². The number of nitrogens with one attached hydrogen (secondary N) is 1. The third-order valence-electron chi connectivity index (χ3n) is 3.57. The largest absolute Gasteiger partial charge is 0.345 e. The van der Waals surface area contributed by atoms with E-state index in [9.17, 15) is 9.59 Å². The minimum absolute atomic E-state index is 0.0370. The molecular formula is C13H19ClN4O2. The van der Waals surface area contributed by atoms with E-state index in [1.807, 2.05) is 20.8 Å². The van der Waals surface area contributed by atoms with Gasteiger partial charge in [0.25, 0.3) is 0 Å². The average molecular weight is 299 g/mol. The first-order chi connectivity index (χ1) is 9.32. The number of rotatable bonds is 3. The molecule has 0 aromatic carbocycles. The molecule has 0 saturated carbocycles. The first-order valence-electron chi connectivity index (χ1n) is 6.58. The topological polar surface area (TPSA) is 67.2 Å². The van der Waals surface area contributed by atoms with Crippen molar-refractivity contribution in [2.45, 2.75) is 33.4 Å². The minimum Gasteiger partial charge on any atom is -0.345 e. The van der Waals surface area contributed by atoms with Crippen LogP contribution >= 0.6 is 11.6 Å². The van der Waals surface area contributed by atoms with Crippen molar-refractivity contribution in [3.05, 3.63) is 16.4 Å². The molecule has 110 valence electrons. The van der Waals surface area contributed by atoms with Gasteiger partial charge in [-0.2, -0.15) is 5.10 Å². The SMILES string of the molecule is Cc1nn(C)c(Cl)c1CN1C(=O)CNC(=O)C1C(C)C. The summed E-state index contributed by atoms with van der Waals surface area (Å²) in [4.78, 5) is 25.7. The van der Waals surface area contributed by atoms with E-state index in [4.69, 9.17) is 11.6 Å². The zero-order valence-corrected chi connectivity index (χ0v) is 12.9. The summed E-state index contributed by atoms with van der Waals surface area (Å²) in [5.74, 6) is -0.171. The number of halogens is 1. The maximum absolute atomic E-state index is 12.1. The van der Waals surface area contributed by atoms with Gasteiger partial charge in [-0.15, -0.1) is 0 Å². The van der Waals surface area contributed by atoms with Gasteiger partial charge in [0.15, 0.2) is 0 Å². The maximum Gasteiger partial charge on any atom is 0.243 e. The fraction of sp³-hybridized carbons (Fsp3) is 0.615. The Bertz CT molecular complexity index is 553. The molecule has 1 fully saturated rings. The maximum atomic E-state index is 12.1. The quantitative estimate of drug-likeness (QED) is 0.900. The van der Waals surface area contributed by atoms with Gasteiger partial charge in [-0.05, 0) is 12.8 Å². The molecule has 0 radical (unpaired) electrons. The lowest BCUT2D eigenvalue weighted by Crippen LogP contribution is -2.59. The molecule has 1 atom stereocenters. The van der Waals surface area contributed by atoms with E-state index in [1.54, 1.807) is 16.6 Å². The van der Waals surface area contributed by atoms with Crippen LogP contribution in [-0.2, 0) is 23.2 Å². The summed E-state index contributed by atoms with van der Waals surface area (Å²) in [5.41, 5.74) is 1.57. The Kier molecular flexibility index (Phi) is 4.04. The predicted molar refractivity (Wildman–Crippen MR) is 75.1 cm³/mol. The van der Waals surface area contributed by atoms with Gasteiger partial charge in [0.2, 0.25) is 11.8 Å². The van der Waals surface area contributed by atoms with Crippen molar-refractivity contribution >= 4 is 23.4 Å². The lowest BCUT2D eigenvalue weighted by molar-refractivity contribution is -0.148. The lowest BCUT2D eigenvalue weighted by Gasteiger charge is -2.37. The van der Waals surface area contributed by atoms with Crippen LogP contribution in [0.5, 0.6) is 0 Å². The number of nitrogens with zero attached hydrogens (tertiary/aromatic N) is 3. The summed E-state index contributed by atoms with van der Waals surface area (Å²) in [6.45, 7) is 6.05. The number of aromatic nitrogens is 2. The summed E-state index contributed by atoms with van der Waals surface area (Å²) in [7, 11) is 1.75. The molecule has 1 aromatic heterocycles. The van der Waals surface area contributed by atoms with Gasteiger partial charge < -0.3 is 10.2 Å². The zero-order valence-electron chi connectivity index (χ0n) is 12.1. The summed E-state index contributed by atoms with van der Waals surface area (Å²) in [6, 6.07) is -0.466. The summed E-state index contributed by atoms with van der Waals surface area (Å²) >= 11 is 6.21. The van der Waals surface area contributed by atoms with Crippen molar-refractivity contribution in [2.24, 2.45) is 13.0 Å². The molecule has 2 rings (SSSR count). The lowest BCUT2D eigenvalue weighted by atomic mass is 9.98. The molecule has 1 aliphatic rings. The Balaban J connectivity index is 2.33. The first-order valence-corrected chi connectivity index (χ1v) is 6.96. The molecular weight excluding hydrogens is 280 g/mol. The fourth-order valence-corrected chi connectivity index (χ4v) is 2.77. The molecule has 20 heavy (non-hydrogen) atoms. The number of carbonyl (C=O) groups is 2. The van der Waals surface area contributed by atoms with E-state index in [0.29, 0.717) is 11.7 Å². The van der Waals surface area contributed by atoms with Gasteiger partial charge in [-0.3, -0.25) is 14.3 Å². The third-order valence-corrected chi connectivity index (χ3v) is 4.04. The van der Waals surface area contributed by atoms with Crippen LogP contribution < -0.4 is 5.32 Å². The molecule has 1 unspecified atom stereocenters. The van der Waals surface area contributed by atoms with Gasteiger partial charge in [-0.25, -0.2) is 0 Å². The van der Waals surface area contributed by atoms with Crippen LogP contribution in [0.25, 0.3) is 0 Å². The molecule has 1 saturated heterocycles. The van der Waals surface area contributed by atoms with Crippen molar-refractivity contribution in [3.63, 3.8) is 0 Å². The van der Waals surface area contributed by atoms with Crippen molar-refractivity contribution in [1.82, 2.24) is 20.0 Å². The molecule has 1 N–H and O–H groups in total. The number of hydrogen-bond acceptors (Lipinski definition) is 3. The second kappa shape index (κ2) is 5.44. The smallest absolute Gasteiger partial charge is 0.243 e. The van der Waals surface area contributed by atoms with Gasteiger partial charge in [0, 0.05) is 12.6 Å². The Morgan fingerprint density at radius 3 is 2.60 bits per heavy atom. The van der Waals surface area contributed by atoms with Crippen LogP contribution in [0.4, 0.5) is 0 Å². The molecule has 1 aromatic rings. The molecule has 0 aliphatic carbocycles. The predicted octanol–water partition coefficient (Wildman–Crippen LogP) is 0.865. The van der Waals surface area contributed by atoms with Crippen LogP contribution in [0.15, 0.2) is 0 Å². The highest BCUT2D eigenvalue weighted by molar-refractivity contribution is 6.30. The van der Waals surface area contributed by atoms with Crippen LogP contribution in [0.2, 0.25) is 5.15 Å². The summed E-state index contributed by atoms with van der Waals surface area (Å²) < 4.78 is 1.57. The average Bonchev–Trinajstić information content (AvgIpc) is 2.60. The molecule has 2 amide bonds. The Morgan fingerprint density at radius 2 is 2.10 bits per heavy atom. The first kappa shape index (κ1) is 14.8. The van der Waals surface area contributed by atoms with Crippen molar-refractivity contribution in [3.8, 4) is 0 Å². The van der Waals surface area contributed by atoms with Crippen molar-refractivity contribution in [1.29, 1.82) is 0 Å². The highest BCUT2D eigenvalue weighted by Gasteiger charge is 2.37. The summed E-state index contributed by atoms with van der Waals surface area (Å²) in [6.07, 6.45) is 0. The van der Waals surface area contributed by atoms with E-state index < -0.39 is 6.04 Å². The molecule has 2 heterocycles. The Morgan fingerprint density at radius 1 is 1.45 bits per heavy atom. The standard InChI is InChI=1S/C13H19ClN4O2/c1-7(2)11-13(20)15-5-10(19)18(11)6-9-8(3)16-17(4)12(9)14/h7,11H,5-6H2,1-4H3,(H,15,20). The van der Waals surface area contributed by atoms with Crippen LogP contribution in [0.1, 0.15) is 25.1 Å². The van der Waals surface area contributed by atoms with E-state index in [0.717, 1.165) is 11.3 Å². The highest BCUT2D eigenvalue weighted by Crippen LogP contribution is 2.24. The van der Waals surface area contributed by atoms with E-state index in [1.165, 1.54) is 0 Å². The normalized spacial score (nSPS) is 19.7. The van der Waals surface area contributed by atoms with Gasteiger partial charge >= 0.3 is 0 Å². The summed E-state index contributed by atoms with van der Waals surface area (Å²) in [5, 5.41) is 7.37. The van der Waals surface area contributed by atoms with Gasteiger partial charge in [-0.1, -0.05) is 25.4 Å². The number of piperazine rings is 1. The fourth-order valence-electron chi connectivity index (χ4n) is 2.54. The van der Waals surface area contributed by atoms with E-state index >= 15 is 0 Å². The van der Waals surface area contributed by atoms with Crippen molar-refractivity contribution < 1.29 is 9.59 Å². The van der Waals surface area contributed by atoms with Crippen LogP contribution in [0.3, 0.4) is 0 Å². The molecule has 6 nitrogen and oxygen atoms in total. The number of carbonyl (C=O) groups excluding carboxylic acids is 2. The van der Waals surface area contributed by atoms with Gasteiger partial charge in [0.1, 0.15) is 11.2 Å². The van der Waals surface area contributed by atoms with E-state index in [-0.39, 0.29) is 24.3 Å². The van der Waals surface area contributed by atoms with Crippen LogP contribution in [0, 0.1) is 12.8 Å². The molecule has 7 heteroatoms. The Hall–Kier alpha value is -1.56. The highest BCUT2D eigenvalue weighted by atomic mass is 35.5. The van der Waals surface area contributed by atoms with Crippen LogP contribution in [-0.4, -0.2) is 39.1 Å². The van der Waals surface area contributed by atoms with Gasteiger partial charge in [0.05, 0.1) is 18.8 Å². The number of hydrogen-bond donors (Lipinski definition) is 1. The second-order valence-corrected chi connectivity index (χ2v) is 5.76. The molecule has 1 aliphatic heterocycles.